The topological polar surface area (TPSA) is 41.5 Å². The molecule has 0 unspecified atom stereocenters. The molecule has 0 aliphatic heterocycles. The van der Waals surface area contributed by atoms with E-state index >= 15 is 0 Å². The Balaban J connectivity index is 2.22. The fourth-order valence-electron chi connectivity index (χ4n) is 1.49. The number of benzene rings is 2. The molecule has 17 heavy (non-hydrogen) atoms. The minimum atomic E-state index is 0.217. The third kappa shape index (κ3) is 2.82. The van der Waals surface area contributed by atoms with E-state index in [1.165, 1.54) is 0 Å². The number of ether oxygens (including phenoxy) is 1. The van der Waals surface area contributed by atoms with Crippen molar-refractivity contribution in [2.75, 3.05) is 12.4 Å². The lowest BCUT2D eigenvalue weighted by atomic mass is 10.2. The normalized spacial score (nSPS) is 10.0. The maximum absolute atomic E-state index is 9.34. The standard InChI is InChI=1S/C13H12ClNO2/c1-17-13-6-5-10(8-12(13)14)15-9-3-2-4-11(16)7-9/h2-8,15-16H,1H3. The Labute approximate surface area is 105 Å². The molecule has 2 rings (SSSR count). The van der Waals surface area contributed by atoms with E-state index in [9.17, 15) is 5.11 Å². The van der Waals surface area contributed by atoms with Gasteiger partial charge in [-0.05, 0) is 30.3 Å². The van der Waals surface area contributed by atoms with Crippen LogP contribution < -0.4 is 10.1 Å². The largest absolute Gasteiger partial charge is 0.508 e. The molecule has 2 aromatic carbocycles. The van der Waals surface area contributed by atoms with Crippen LogP contribution in [-0.4, -0.2) is 12.2 Å². The molecule has 0 bridgehead atoms. The van der Waals surface area contributed by atoms with Gasteiger partial charge in [0.15, 0.2) is 0 Å². The number of hydrogen-bond acceptors (Lipinski definition) is 3. The van der Waals surface area contributed by atoms with E-state index in [1.807, 2.05) is 12.1 Å². The second kappa shape index (κ2) is 4.97. The molecule has 0 atom stereocenters. The molecule has 0 fully saturated rings. The van der Waals surface area contributed by atoms with Crippen LogP contribution in [0.5, 0.6) is 11.5 Å². The van der Waals surface area contributed by atoms with Crippen LogP contribution in [0, 0.1) is 0 Å². The highest BCUT2D eigenvalue weighted by atomic mass is 35.5. The first-order chi connectivity index (χ1) is 8.19. The van der Waals surface area contributed by atoms with Gasteiger partial charge in [-0.3, -0.25) is 0 Å². The van der Waals surface area contributed by atoms with Crippen LogP contribution in [-0.2, 0) is 0 Å². The molecule has 0 aromatic heterocycles. The van der Waals surface area contributed by atoms with E-state index < -0.39 is 0 Å². The Morgan fingerprint density at radius 1 is 1.12 bits per heavy atom. The molecular weight excluding hydrogens is 238 g/mol. The number of nitrogens with one attached hydrogen (secondary N) is 1. The van der Waals surface area contributed by atoms with E-state index in [-0.39, 0.29) is 5.75 Å². The number of hydrogen-bond donors (Lipinski definition) is 2. The predicted molar refractivity (Wildman–Crippen MR) is 69.4 cm³/mol. The van der Waals surface area contributed by atoms with E-state index in [4.69, 9.17) is 16.3 Å². The Morgan fingerprint density at radius 3 is 2.53 bits per heavy atom. The van der Waals surface area contributed by atoms with Crippen LogP contribution in [0.4, 0.5) is 11.4 Å². The lowest BCUT2D eigenvalue weighted by molar-refractivity contribution is 0.415. The van der Waals surface area contributed by atoms with Gasteiger partial charge in [0, 0.05) is 17.4 Å². The van der Waals surface area contributed by atoms with Gasteiger partial charge in [-0.25, -0.2) is 0 Å². The minimum Gasteiger partial charge on any atom is -0.508 e. The van der Waals surface area contributed by atoms with Crippen molar-refractivity contribution in [2.45, 2.75) is 0 Å². The van der Waals surface area contributed by atoms with Crippen molar-refractivity contribution >= 4 is 23.0 Å². The summed E-state index contributed by atoms with van der Waals surface area (Å²) in [5.41, 5.74) is 1.63. The smallest absolute Gasteiger partial charge is 0.137 e. The van der Waals surface area contributed by atoms with Crippen LogP contribution in [0.3, 0.4) is 0 Å². The van der Waals surface area contributed by atoms with Gasteiger partial charge in [-0.15, -0.1) is 0 Å². The molecule has 0 saturated carbocycles. The van der Waals surface area contributed by atoms with Crippen molar-refractivity contribution in [3.63, 3.8) is 0 Å². The fraction of sp³-hybridized carbons (Fsp3) is 0.0769. The molecule has 2 aromatic rings. The number of methoxy groups -OCH3 is 1. The molecule has 0 heterocycles. The second-order valence-corrected chi connectivity index (χ2v) is 3.93. The van der Waals surface area contributed by atoms with Crippen molar-refractivity contribution in [3.8, 4) is 11.5 Å². The fourth-order valence-corrected chi connectivity index (χ4v) is 1.75. The molecule has 0 aliphatic rings. The zero-order chi connectivity index (χ0) is 12.3. The predicted octanol–water partition coefficient (Wildman–Crippen LogP) is 3.80. The molecule has 0 aliphatic carbocycles. The third-order valence-electron chi connectivity index (χ3n) is 2.29. The third-order valence-corrected chi connectivity index (χ3v) is 2.58. The highest BCUT2D eigenvalue weighted by Gasteiger charge is 2.02. The van der Waals surface area contributed by atoms with Crippen molar-refractivity contribution in [1.82, 2.24) is 0 Å². The van der Waals surface area contributed by atoms with Gasteiger partial charge in [0.2, 0.25) is 0 Å². The molecular formula is C13H12ClNO2. The van der Waals surface area contributed by atoms with Gasteiger partial charge in [0.25, 0.3) is 0 Å². The molecule has 0 spiro atoms. The van der Waals surface area contributed by atoms with E-state index in [0.29, 0.717) is 10.8 Å². The van der Waals surface area contributed by atoms with Crippen molar-refractivity contribution in [1.29, 1.82) is 0 Å². The summed E-state index contributed by atoms with van der Waals surface area (Å²) < 4.78 is 5.07. The number of halogens is 1. The molecule has 0 amide bonds. The van der Waals surface area contributed by atoms with Crippen LogP contribution in [0.2, 0.25) is 5.02 Å². The quantitative estimate of drug-likeness (QED) is 0.869. The lowest BCUT2D eigenvalue weighted by Crippen LogP contribution is -1.91. The van der Waals surface area contributed by atoms with Crippen molar-refractivity contribution in [3.05, 3.63) is 47.5 Å². The maximum Gasteiger partial charge on any atom is 0.137 e. The van der Waals surface area contributed by atoms with E-state index in [0.717, 1.165) is 11.4 Å². The first-order valence-electron chi connectivity index (χ1n) is 5.08. The maximum atomic E-state index is 9.34. The zero-order valence-electron chi connectivity index (χ0n) is 9.27. The number of aromatic hydroxyl groups is 1. The van der Waals surface area contributed by atoms with Crippen molar-refractivity contribution < 1.29 is 9.84 Å². The number of anilines is 2. The summed E-state index contributed by atoms with van der Waals surface area (Å²) in [4.78, 5) is 0. The molecule has 4 heteroatoms. The molecule has 3 nitrogen and oxygen atoms in total. The number of phenolic OH excluding ortho intramolecular Hbond substituents is 1. The van der Waals surface area contributed by atoms with Crippen LogP contribution in [0.1, 0.15) is 0 Å². The highest BCUT2D eigenvalue weighted by molar-refractivity contribution is 6.32. The Morgan fingerprint density at radius 2 is 1.88 bits per heavy atom. The van der Waals surface area contributed by atoms with Crippen LogP contribution in [0.15, 0.2) is 42.5 Å². The molecule has 0 radical (unpaired) electrons. The highest BCUT2D eigenvalue weighted by Crippen LogP contribution is 2.29. The van der Waals surface area contributed by atoms with Crippen molar-refractivity contribution in [2.24, 2.45) is 0 Å². The summed E-state index contributed by atoms with van der Waals surface area (Å²) in [6, 6.07) is 12.3. The van der Waals surface area contributed by atoms with Gasteiger partial charge in [-0.2, -0.15) is 0 Å². The number of phenols is 1. The van der Waals surface area contributed by atoms with Crippen LogP contribution in [0.25, 0.3) is 0 Å². The summed E-state index contributed by atoms with van der Waals surface area (Å²) in [6.45, 7) is 0. The Hall–Kier alpha value is -1.87. The summed E-state index contributed by atoms with van der Waals surface area (Å²) >= 11 is 6.01. The Kier molecular flexibility index (Phi) is 3.40. The molecule has 88 valence electrons. The monoisotopic (exact) mass is 249 g/mol. The van der Waals surface area contributed by atoms with Gasteiger partial charge in [0.05, 0.1) is 12.1 Å². The minimum absolute atomic E-state index is 0.217. The zero-order valence-corrected chi connectivity index (χ0v) is 10.0. The number of rotatable bonds is 3. The second-order valence-electron chi connectivity index (χ2n) is 3.52. The SMILES string of the molecule is COc1ccc(Nc2cccc(O)c2)cc1Cl. The van der Waals surface area contributed by atoms with Gasteiger partial charge in [-0.1, -0.05) is 17.7 Å². The first kappa shape index (κ1) is 11.6. The van der Waals surface area contributed by atoms with Gasteiger partial charge in [0.1, 0.15) is 11.5 Å². The average Bonchev–Trinajstić information content (AvgIpc) is 2.29. The van der Waals surface area contributed by atoms with Gasteiger partial charge >= 0.3 is 0 Å². The van der Waals surface area contributed by atoms with Crippen LogP contribution >= 0.6 is 11.6 Å². The lowest BCUT2D eigenvalue weighted by Gasteiger charge is -2.09. The summed E-state index contributed by atoms with van der Waals surface area (Å²) in [6.07, 6.45) is 0. The summed E-state index contributed by atoms with van der Waals surface area (Å²) in [5, 5.41) is 13.0. The molecule has 0 saturated heterocycles. The summed E-state index contributed by atoms with van der Waals surface area (Å²) in [5.74, 6) is 0.850. The van der Waals surface area contributed by atoms with E-state index in [2.05, 4.69) is 5.32 Å². The van der Waals surface area contributed by atoms with E-state index in [1.54, 1.807) is 37.4 Å². The molecule has 2 N–H and O–H groups in total. The summed E-state index contributed by atoms with van der Waals surface area (Å²) in [7, 11) is 1.57. The Bertz CT molecular complexity index is 529. The average molecular weight is 250 g/mol. The first-order valence-corrected chi connectivity index (χ1v) is 5.46. The van der Waals surface area contributed by atoms with Gasteiger partial charge < -0.3 is 15.2 Å².